The van der Waals surface area contributed by atoms with Crippen LogP contribution >= 0.6 is 0 Å². The Balaban J connectivity index is 1.96. The Morgan fingerprint density at radius 2 is 1.89 bits per heavy atom. The highest BCUT2D eigenvalue weighted by molar-refractivity contribution is 5.80. The van der Waals surface area contributed by atoms with Gasteiger partial charge in [0.25, 0.3) is 0 Å². The maximum absolute atomic E-state index is 12.2. The van der Waals surface area contributed by atoms with Gasteiger partial charge in [0.1, 0.15) is 5.60 Å². The third-order valence-electron chi connectivity index (χ3n) is 5.40. The second kappa shape index (κ2) is 10.3. The average molecular weight is 396 g/mol. The lowest BCUT2D eigenvalue weighted by atomic mass is 10.1. The number of amides is 1. The second-order valence-electron chi connectivity index (χ2n) is 9.32. The van der Waals surface area contributed by atoms with E-state index in [-0.39, 0.29) is 18.1 Å². The molecule has 7 nitrogen and oxygen atoms in total. The summed E-state index contributed by atoms with van der Waals surface area (Å²) in [6, 6.07) is 0.590. The topological polar surface area (TPSA) is 69.2 Å². The van der Waals surface area contributed by atoms with Gasteiger partial charge in [-0.2, -0.15) is 0 Å². The number of carbonyl (C=O) groups excluding carboxylic acids is 1. The van der Waals surface area contributed by atoms with E-state index in [1.807, 2.05) is 20.8 Å². The highest BCUT2D eigenvalue weighted by Crippen LogP contribution is 2.20. The molecule has 0 aliphatic carbocycles. The molecule has 0 aromatic rings. The molecule has 2 N–H and O–H groups in total. The van der Waals surface area contributed by atoms with Crippen LogP contribution in [0.2, 0.25) is 0 Å². The van der Waals surface area contributed by atoms with Crippen LogP contribution in [-0.2, 0) is 4.74 Å². The Bertz CT molecular complexity index is 523. The zero-order valence-corrected chi connectivity index (χ0v) is 18.8. The van der Waals surface area contributed by atoms with E-state index in [1.165, 1.54) is 32.4 Å². The molecule has 0 bridgehead atoms. The van der Waals surface area contributed by atoms with Gasteiger partial charge in [0.05, 0.1) is 12.6 Å². The summed E-state index contributed by atoms with van der Waals surface area (Å²) in [5.41, 5.74) is -0.496. The number of nitrogens with zero attached hydrogens (tertiary/aromatic N) is 3. The van der Waals surface area contributed by atoms with Crippen molar-refractivity contribution in [3.63, 3.8) is 0 Å². The first-order valence-electron chi connectivity index (χ1n) is 11.0. The molecule has 0 spiro atoms. The summed E-state index contributed by atoms with van der Waals surface area (Å²) in [7, 11) is 0. The van der Waals surface area contributed by atoms with Crippen molar-refractivity contribution < 1.29 is 9.53 Å². The summed E-state index contributed by atoms with van der Waals surface area (Å²) in [5.74, 6) is 1.23. The van der Waals surface area contributed by atoms with Crippen LogP contribution in [-0.4, -0.2) is 78.8 Å². The summed E-state index contributed by atoms with van der Waals surface area (Å²) in [6.07, 6.45) is 3.49. The van der Waals surface area contributed by atoms with E-state index in [2.05, 4.69) is 41.2 Å². The number of carbonyl (C=O) groups is 1. The summed E-state index contributed by atoms with van der Waals surface area (Å²) >= 11 is 0. The third-order valence-corrected chi connectivity index (χ3v) is 5.40. The van der Waals surface area contributed by atoms with Crippen LogP contribution in [0.15, 0.2) is 4.99 Å². The fourth-order valence-electron chi connectivity index (χ4n) is 3.83. The molecule has 7 heteroatoms. The highest BCUT2D eigenvalue weighted by Gasteiger charge is 2.31. The van der Waals surface area contributed by atoms with Crippen molar-refractivity contribution in [3.8, 4) is 0 Å². The molecule has 28 heavy (non-hydrogen) atoms. The van der Waals surface area contributed by atoms with Gasteiger partial charge < -0.3 is 20.3 Å². The van der Waals surface area contributed by atoms with Crippen molar-refractivity contribution in [2.24, 2.45) is 10.9 Å². The Labute approximate surface area is 171 Å². The molecule has 162 valence electrons. The predicted octanol–water partition coefficient (Wildman–Crippen LogP) is 2.67. The predicted molar refractivity (Wildman–Crippen MR) is 115 cm³/mol. The molecule has 2 fully saturated rings. The Morgan fingerprint density at radius 1 is 1.21 bits per heavy atom. The van der Waals surface area contributed by atoms with Crippen LogP contribution in [0.25, 0.3) is 0 Å². The zero-order valence-electron chi connectivity index (χ0n) is 18.8. The molecule has 2 heterocycles. The molecule has 2 unspecified atom stereocenters. The standard InChI is InChI=1S/C21H41N5O2/c1-7-22-19(26-13-10-17(15-26)25-11-8-9-12-25)23-14-18(16(2)3)24-20(27)28-21(4,5)6/h16-18H,7-15H2,1-6H3,(H,22,23)(H,24,27). The van der Waals surface area contributed by atoms with Crippen LogP contribution in [0.1, 0.15) is 60.8 Å². The second-order valence-corrected chi connectivity index (χ2v) is 9.32. The fourth-order valence-corrected chi connectivity index (χ4v) is 3.83. The van der Waals surface area contributed by atoms with Crippen LogP contribution < -0.4 is 10.6 Å². The van der Waals surface area contributed by atoms with E-state index in [4.69, 9.17) is 9.73 Å². The van der Waals surface area contributed by atoms with Crippen molar-refractivity contribution in [2.75, 3.05) is 39.3 Å². The van der Waals surface area contributed by atoms with Crippen molar-refractivity contribution in [1.82, 2.24) is 20.4 Å². The molecule has 2 aliphatic heterocycles. The molecular formula is C21H41N5O2. The normalized spacial score (nSPS) is 22.6. The number of aliphatic imine (C=N–C) groups is 1. The Kier molecular flexibility index (Phi) is 8.40. The number of nitrogens with one attached hydrogen (secondary N) is 2. The maximum Gasteiger partial charge on any atom is 0.407 e. The minimum atomic E-state index is -0.496. The average Bonchev–Trinajstić information content (AvgIpc) is 3.26. The largest absolute Gasteiger partial charge is 0.444 e. The van der Waals surface area contributed by atoms with Gasteiger partial charge in [-0.25, -0.2) is 4.79 Å². The first-order chi connectivity index (χ1) is 13.2. The van der Waals surface area contributed by atoms with Crippen molar-refractivity contribution >= 4 is 12.1 Å². The Morgan fingerprint density at radius 3 is 2.46 bits per heavy atom. The quantitative estimate of drug-likeness (QED) is 0.535. The molecule has 0 saturated carbocycles. The molecular weight excluding hydrogens is 354 g/mol. The van der Waals surface area contributed by atoms with Gasteiger partial charge in [-0.3, -0.25) is 9.89 Å². The maximum atomic E-state index is 12.2. The number of likely N-dealkylation sites (tertiary alicyclic amines) is 2. The van der Waals surface area contributed by atoms with Gasteiger partial charge in [0, 0.05) is 25.7 Å². The molecule has 0 radical (unpaired) electrons. The lowest BCUT2D eigenvalue weighted by Gasteiger charge is -2.27. The van der Waals surface area contributed by atoms with E-state index in [0.717, 1.165) is 25.6 Å². The Hall–Kier alpha value is -1.50. The molecule has 0 aromatic heterocycles. The van der Waals surface area contributed by atoms with Crippen LogP contribution in [0.4, 0.5) is 4.79 Å². The first kappa shape index (κ1) is 22.8. The lowest BCUT2D eigenvalue weighted by Crippen LogP contribution is -2.46. The molecule has 2 aliphatic rings. The molecule has 2 atom stereocenters. The van der Waals surface area contributed by atoms with Gasteiger partial charge in [0.15, 0.2) is 5.96 Å². The van der Waals surface area contributed by atoms with Gasteiger partial charge in [-0.1, -0.05) is 13.8 Å². The van der Waals surface area contributed by atoms with Crippen LogP contribution in [0.5, 0.6) is 0 Å². The number of ether oxygens (including phenoxy) is 1. The lowest BCUT2D eigenvalue weighted by molar-refractivity contribution is 0.0493. The monoisotopic (exact) mass is 395 g/mol. The smallest absolute Gasteiger partial charge is 0.407 e. The number of rotatable bonds is 6. The minimum Gasteiger partial charge on any atom is -0.444 e. The molecule has 2 saturated heterocycles. The van der Waals surface area contributed by atoms with Gasteiger partial charge in [0.2, 0.25) is 0 Å². The van der Waals surface area contributed by atoms with Crippen LogP contribution in [0.3, 0.4) is 0 Å². The SMILES string of the molecule is CCNC(=NCC(NC(=O)OC(C)(C)C)C(C)C)N1CCC(N2CCCC2)C1. The number of hydrogen-bond acceptors (Lipinski definition) is 4. The summed E-state index contributed by atoms with van der Waals surface area (Å²) in [4.78, 5) is 22.0. The third kappa shape index (κ3) is 7.15. The zero-order chi connectivity index (χ0) is 20.7. The van der Waals surface area contributed by atoms with Gasteiger partial charge in [-0.15, -0.1) is 0 Å². The minimum absolute atomic E-state index is 0.0551. The molecule has 1 amide bonds. The summed E-state index contributed by atoms with van der Waals surface area (Å²) in [5, 5.41) is 6.43. The number of guanidine groups is 1. The van der Waals surface area contributed by atoms with E-state index >= 15 is 0 Å². The van der Waals surface area contributed by atoms with E-state index in [9.17, 15) is 4.79 Å². The van der Waals surface area contributed by atoms with E-state index < -0.39 is 5.60 Å². The van der Waals surface area contributed by atoms with Crippen molar-refractivity contribution in [3.05, 3.63) is 0 Å². The number of alkyl carbamates (subject to hydrolysis) is 1. The van der Waals surface area contributed by atoms with Crippen molar-refractivity contribution in [1.29, 1.82) is 0 Å². The van der Waals surface area contributed by atoms with Gasteiger partial charge in [-0.05, 0) is 66.0 Å². The van der Waals surface area contributed by atoms with E-state index in [0.29, 0.717) is 12.6 Å². The number of hydrogen-bond donors (Lipinski definition) is 2. The van der Waals surface area contributed by atoms with Crippen molar-refractivity contribution in [2.45, 2.75) is 78.5 Å². The van der Waals surface area contributed by atoms with E-state index in [1.54, 1.807) is 0 Å². The fraction of sp³-hybridized carbons (Fsp3) is 0.905. The summed E-state index contributed by atoms with van der Waals surface area (Å²) < 4.78 is 5.41. The molecule has 2 rings (SSSR count). The van der Waals surface area contributed by atoms with Crippen LogP contribution in [0, 0.1) is 5.92 Å². The summed E-state index contributed by atoms with van der Waals surface area (Å²) in [6.45, 7) is 17.9. The highest BCUT2D eigenvalue weighted by atomic mass is 16.6. The molecule has 0 aromatic carbocycles. The first-order valence-corrected chi connectivity index (χ1v) is 11.0. The van der Waals surface area contributed by atoms with Gasteiger partial charge >= 0.3 is 6.09 Å².